The van der Waals surface area contributed by atoms with Gasteiger partial charge in [0, 0.05) is 51.9 Å². The number of aromatic nitrogens is 3. The first-order valence-corrected chi connectivity index (χ1v) is 18.8. The fourth-order valence-corrected chi connectivity index (χ4v) is 6.03. The second-order valence-electron chi connectivity index (χ2n) is 12.9. The second-order valence-corrected chi connectivity index (χ2v) is 19.4. The van der Waals surface area contributed by atoms with E-state index >= 15 is 0 Å². The van der Waals surface area contributed by atoms with Gasteiger partial charge in [-0.1, -0.05) is 25.7 Å². The van der Waals surface area contributed by atoms with Crippen LogP contribution in [0.1, 0.15) is 31.9 Å². The number of hydrogen-bond donors (Lipinski definition) is 0. The number of halogens is 1. The minimum absolute atomic E-state index is 0.295. The maximum Gasteiger partial charge on any atom is 0.410 e. The molecule has 0 N–H and O–H groups in total. The highest BCUT2D eigenvalue weighted by atomic mass is 79.9. The van der Waals surface area contributed by atoms with Crippen molar-refractivity contribution in [2.45, 2.75) is 71.8 Å². The third-order valence-electron chi connectivity index (χ3n) is 7.05. The Balaban J connectivity index is 1.45. The fourth-order valence-electron chi connectivity index (χ4n) is 4.91. The monoisotopic (exact) mass is 650 g/mol. The summed E-state index contributed by atoms with van der Waals surface area (Å²) in [5, 5.41) is 0.900. The van der Waals surface area contributed by atoms with Crippen molar-refractivity contribution in [3.63, 3.8) is 0 Å². The summed E-state index contributed by atoms with van der Waals surface area (Å²) >= 11 is 3.52. The number of amides is 1. The number of rotatable bonds is 8. The maximum atomic E-state index is 12.7. The van der Waals surface area contributed by atoms with E-state index in [9.17, 15) is 4.79 Å². The predicted octanol–water partition coefficient (Wildman–Crippen LogP) is 8.26. The van der Waals surface area contributed by atoms with Crippen LogP contribution in [0.5, 0.6) is 11.5 Å². The van der Waals surface area contributed by atoms with Gasteiger partial charge in [-0.2, -0.15) is 0 Å². The smallest absolute Gasteiger partial charge is 0.410 e. The molecule has 0 atom stereocenters. The predicted molar refractivity (Wildman–Crippen MR) is 172 cm³/mol. The van der Waals surface area contributed by atoms with Crippen LogP contribution in [-0.2, 0) is 29.2 Å². The first-order valence-electron chi connectivity index (χ1n) is 14.3. The van der Waals surface area contributed by atoms with E-state index in [1.165, 1.54) is 5.56 Å². The van der Waals surface area contributed by atoms with Gasteiger partial charge in [0.1, 0.15) is 34.1 Å². The molecule has 1 aliphatic heterocycles. The minimum Gasteiger partial charge on any atom is -0.457 e. The SMILES string of the molecule is CC(C)(C)OC(=O)N1CCc2ccc(Oc3ccnc4c3c(-c3ccnc(Br)c3)cn4COCC[Si](C)(C)C)cc2C1. The number of nitrogens with zero attached hydrogens (tertiary/aromatic N) is 4. The lowest BCUT2D eigenvalue weighted by atomic mass is 10.00. The zero-order valence-corrected chi connectivity index (χ0v) is 27.8. The van der Waals surface area contributed by atoms with Crippen LogP contribution in [0.2, 0.25) is 25.7 Å². The quantitative estimate of drug-likeness (QED) is 0.108. The molecule has 42 heavy (non-hydrogen) atoms. The van der Waals surface area contributed by atoms with Crippen LogP contribution in [-0.4, -0.2) is 52.4 Å². The van der Waals surface area contributed by atoms with Crippen LogP contribution in [0.3, 0.4) is 0 Å². The molecule has 222 valence electrons. The second kappa shape index (κ2) is 12.2. The van der Waals surface area contributed by atoms with Gasteiger partial charge in [-0.15, -0.1) is 0 Å². The number of carbonyl (C=O) groups is 1. The van der Waals surface area contributed by atoms with Gasteiger partial charge in [0.05, 0.1) is 5.39 Å². The first-order chi connectivity index (χ1) is 19.9. The molecule has 10 heteroatoms. The first kappa shape index (κ1) is 30.3. The van der Waals surface area contributed by atoms with Crippen molar-refractivity contribution in [1.29, 1.82) is 0 Å². The summed E-state index contributed by atoms with van der Waals surface area (Å²) in [6, 6.07) is 13.1. The highest BCUT2D eigenvalue weighted by Crippen LogP contribution is 2.39. The van der Waals surface area contributed by atoms with E-state index in [1.54, 1.807) is 17.3 Å². The van der Waals surface area contributed by atoms with Gasteiger partial charge in [0.2, 0.25) is 0 Å². The number of benzene rings is 1. The van der Waals surface area contributed by atoms with Crippen molar-refractivity contribution in [1.82, 2.24) is 19.4 Å². The van der Waals surface area contributed by atoms with E-state index in [-0.39, 0.29) is 6.09 Å². The summed E-state index contributed by atoms with van der Waals surface area (Å²) < 4.78 is 21.1. The Morgan fingerprint density at radius 3 is 2.57 bits per heavy atom. The molecule has 0 bridgehead atoms. The van der Waals surface area contributed by atoms with Crippen LogP contribution in [0, 0.1) is 0 Å². The van der Waals surface area contributed by atoms with Gasteiger partial charge in [-0.25, -0.2) is 14.8 Å². The highest BCUT2D eigenvalue weighted by Gasteiger charge is 2.26. The Hall–Kier alpha value is -3.21. The summed E-state index contributed by atoms with van der Waals surface area (Å²) in [7, 11) is -1.20. The lowest BCUT2D eigenvalue weighted by Crippen LogP contribution is -2.39. The highest BCUT2D eigenvalue weighted by molar-refractivity contribution is 9.10. The number of hydrogen-bond acceptors (Lipinski definition) is 6. The van der Waals surface area contributed by atoms with Gasteiger partial charge in [-0.05, 0) is 96.2 Å². The largest absolute Gasteiger partial charge is 0.457 e. The average molecular weight is 652 g/mol. The van der Waals surface area contributed by atoms with E-state index in [1.807, 2.05) is 55.7 Å². The van der Waals surface area contributed by atoms with E-state index in [0.717, 1.165) is 51.4 Å². The number of fused-ring (bicyclic) bond motifs is 2. The van der Waals surface area contributed by atoms with Crippen molar-refractivity contribution in [3.8, 4) is 22.6 Å². The van der Waals surface area contributed by atoms with Gasteiger partial charge >= 0.3 is 6.09 Å². The summed E-state index contributed by atoms with van der Waals surface area (Å²) in [5.74, 6) is 1.40. The molecule has 0 aliphatic carbocycles. The maximum absolute atomic E-state index is 12.7. The van der Waals surface area contributed by atoms with Gasteiger partial charge in [0.15, 0.2) is 0 Å². The molecule has 5 rings (SSSR count). The van der Waals surface area contributed by atoms with Gasteiger partial charge < -0.3 is 23.7 Å². The van der Waals surface area contributed by atoms with Crippen LogP contribution >= 0.6 is 15.9 Å². The molecule has 4 aromatic rings. The molecule has 0 radical (unpaired) electrons. The van der Waals surface area contributed by atoms with E-state index in [0.29, 0.717) is 31.3 Å². The zero-order valence-electron chi connectivity index (χ0n) is 25.2. The molecular formula is C32H39BrN4O4Si. The number of ether oxygens (including phenoxy) is 3. The van der Waals surface area contributed by atoms with Crippen molar-refractivity contribution in [2.75, 3.05) is 13.2 Å². The summed E-state index contributed by atoms with van der Waals surface area (Å²) in [6.07, 6.45) is 6.11. The van der Waals surface area contributed by atoms with Crippen molar-refractivity contribution >= 4 is 41.1 Å². The molecule has 1 aliphatic rings. The lowest BCUT2D eigenvalue weighted by molar-refractivity contribution is 0.0224. The molecular weight excluding hydrogens is 612 g/mol. The minimum atomic E-state index is -1.20. The van der Waals surface area contributed by atoms with Crippen LogP contribution in [0.4, 0.5) is 4.79 Å². The Bertz CT molecular complexity index is 1590. The molecule has 3 aromatic heterocycles. The third kappa shape index (κ3) is 7.40. The molecule has 0 saturated heterocycles. The van der Waals surface area contributed by atoms with Crippen molar-refractivity contribution in [2.24, 2.45) is 0 Å². The van der Waals surface area contributed by atoms with E-state index in [4.69, 9.17) is 19.2 Å². The lowest BCUT2D eigenvalue weighted by Gasteiger charge is -2.31. The van der Waals surface area contributed by atoms with E-state index < -0.39 is 13.7 Å². The topological polar surface area (TPSA) is 78.7 Å². The Morgan fingerprint density at radius 1 is 1.05 bits per heavy atom. The molecule has 8 nitrogen and oxygen atoms in total. The zero-order chi connectivity index (χ0) is 30.1. The van der Waals surface area contributed by atoms with Gasteiger partial charge in [-0.3, -0.25) is 0 Å². The normalized spacial score (nSPS) is 13.7. The molecule has 4 heterocycles. The molecule has 1 amide bonds. The van der Waals surface area contributed by atoms with Crippen molar-refractivity contribution in [3.05, 3.63) is 70.7 Å². The van der Waals surface area contributed by atoms with Gasteiger partial charge in [0.25, 0.3) is 0 Å². The summed E-state index contributed by atoms with van der Waals surface area (Å²) in [6.45, 7) is 14.9. The Labute approximate surface area is 257 Å². The van der Waals surface area contributed by atoms with Crippen LogP contribution in [0.25, 0.3) is 22.2 Å². The molecule has 0 fully saturated rings. The Kier molecular flexibility index (Phi) is 8.78. The van der Waals surface area contributed by atoms with Crippen LogP contribution < -0.4 is 4.74 Å². The van der Waals surface area contributed by atoms with Crippen molar-refractivity contribution < 1.29 is 19.0 Å². The fraction of sp³-hybridized carbons (Fsp3) is 0.406. The molecule has 1 aromatic carbocycles. The molecule has 0 saturated carbocycles. The molecule has 0 spiro atoms. The Morgan fingerprint density at radius 2 is 1.83 bits per heavy atom. The average Bonchev–Trinajstić information content (AvgIpc) is 3.29. The van der Waals surface area contributed by atoms with E-state index in [2.05, 4.69) is 52.8 Å². The third-order valence-corrected chi connectivity index (χ3v) is 9.19. The standard InChI is InChI=1S/C32H39BrN4O4Si/c1-32(2,3)41-31(38)36-14-11-22-7-8-25(17-24(22)19-36)40-27-10-13-35-30-29(27)26(23-9-12-34-28(33)18-23)20-37(30)21-39-15-16-42(4,5)6/h7-10,12-13,17-18,20H,11,14-16,19,21H2,1-6H3. The number of carbonyl (C=O) groups excluding carboxylic acids is 1. The molecule has 0 unspecified atom stereocenters. The number of pyridine rings is 2. The summed E-state index contributed by atoms with van der Waals surface area (Å²) in [4.78, 5) is 23.5. The van der Waals surface area contributed by atoms with Crippen LogP contribution in [0.15, 0.2) is 59.6 Å². The summed E-state index contributed by atoms with van der Waals surface area (Å²) in [5.41, 5.74) is 4.51.